The zero-order valence-corrected chi connectivity index (χ0v) is 18.4. The molecule has 1 N–H and O–H groups in total. The Hall–Kier alpha value is -2.42. The van der Waals surface area contributed by atoms with E-state index in [4.69, 9.17) is 9.47 Å². The van der Waals surface area contributed by atoms with Gasteiger partial charge in [-0.2, -0.15) is 0 Å². The van der Waals surface area contributed by atoms with Gasteiger partial charge in [-0.25, -0.2) is 0 Å². The maximum atomic E-state index is 13.0. The molecule has 1 aliphatic rings. The van der Waals surface area contributed by atoms with E-state index in [0.717, 1.165) is 35.6 Å². The highest BCUT2D eigenvalue weighted by molar-refractivity contribution is 7.18. The lowest BCUT2D eigenvalue weighted by Crippen LogP contribution is -2.38. The molecule has 0 spiro atoms. The van der Waals surface area contributed by atoms with Crippen molar-refractivity contribution in [3.05, 3.63) is 41.3 Å². The average molecular weight is 432 g/mol. The lowest BCUT2D eigenvalue weighted by atomic mass is 10.1. The number of nitrogens with one attached hydrogen (secondary N) is 1. The Morgan fingerprint density at radius 1 is 1.23 bits per heavy atom. The second kappa shape index (κ2) is 11.1. The van der Waals surface area contributed by atoms with Crippen LogP contribution in [-0.2, 0) is 14.3 Å². The molecule has 0 aliphatic carbocycles. The molecule has 1 aliphatic heterocycles. The third-order valence-electron chi connectivity index (χ3n) is 4.88. The van der Waals surface area contributed by atoms with E-state index in [0.29, 0.717) is 31.2 Å². The smallest absolute Gasteiger partial charge is 0.264 e. The van der Waals surface area contributed by atoms with Gasteiger partial charge >= 0.3 is 0 Å². The lowest BCUT2D eigenvalue weighted by Gasteiger charge is -2.28. The van der Waals surface area contributed by atoms with Gasteiger partial charge in [0.05, 0.1) is 29.6 Å². The predicted octanol–water partition coefficient (Wildman–Crippen LogP) is 2.48. The van der Waals surface area contributed by atoms with Crippen LogP contribution in [0.2, 0.25) is 0 Å². The molecule has 0 bridgehead atoms. The van der Waals surface area contributed by atoms with Gasteiger partial charge in [0.2, 0.25) is 5.91 Å². The van der Waals surface area contributed by atoms with Crippen LogP contribution in [0.25, 0.3) is 11.1 Å². The number of benzene rings is 1. The third-order valence-corrected chi connectivity index (χ3v) is 6.07. The highest BCUT2D eigenvalue weighted by Crippen LogP contribution is 2.39. The van der Waals surface area contributed by atoms with E-state index in [9.17, 15) is 9.59 Å². The molecule has 2 amide bonds. The van der Waals surface area contributed by atoms with Crippen molar-refractivity contribution in [1.82, 2.24) is 10.2 Å². The second-order valence-corrected chi connectivity index (χ2v) is 8.18. The van der Waals surface area contributed by atoms with Crippen LogP contribution in [0.1, 0.15) is 16.1 Å². The minimum Gasteiger partial charge on any atom is -0.385 e. The Morgan fingerprint density at radius 2 is 1.97 bits per heavy atom. The van der Waals surface area contributed by atoms with Crippen molar-refractivity contribution in [2.45, 2.75) is 6.42 Å². The van der Waals surface area contributed by atoms with Gasteiger partial charge in [-0.3, -0.25) is 9.59 Å². The van der Waals surface area contributed by atoms with Gasteiger partial charge in [0.25, 0.3) is 5.91 Å². The Kier molecular flexibility index (Phi) is 8.24. The summed E-state index contributed by atoms with van der Waals surface area (Å²) < 4.78 is 10.5. The molecule has 1 saturated heterocycles. The molecule has 3 rings (SSSR count). The molecule has 2 aromatic rings. The lowest BCUT2D eigenvalue weighted by molar-refractivity contribution is -0.121. The van der Waals surface area contributed by atoms with Gasteiger partial charge in [0.15, 0.2) is 0 Å². The van der Waals surface area contributed by atoms with E-state index in [2.05, 4.69) is 22.3 Å². The van der Waals surface area contributed by atoms with E-state index in [1.54, 1.807) is 14.2 Å². The van der Waals surface area contributed by atoms with E-state index >= 15 is 0 Å². The fourth-order valence-corrected chi connectivity index (χ4v) is 4.51. The number of carbonyl (C=O) groups is 2. The summed E-state index contributed by atoms with van der Waals surface area (Å²) in [6, 6.07) is 12.0. The predicted molar refractivity (Wildman–Crippen MR) is 119 cm³/mol. The standard InChI is InChI=1S/C22H29N3O4S/c1-24(16-20(26)23-9-6-12-28-2)21(27)19-15-18(17-7-4-3-5-8-17)22(30-19)25-10-13-29-14-11-25/h3-5,7-8,15H,6,9-14,16H2,1-2H3,(H,23,26). The number of amides is 2. The van der Waals surface area contributed by atoms with Crippen molar-refractivity contribution in [3.8, 4) is 11.1 Å². The van der Waals surface area contributed by atoms with Crippen LogP contribution in [0.4, 0.5) is 5.00 Å². The summed E-state index contributed by atoms with van der Waals surface area (Å²) in [5.74, 6) is -0.320. The molecule has 30 heavy (non-hydrogen) atoms. The maximum Gasteiger partial charge on any atom is 0.264 e. The minimum absolute atomic E-state index is 0.0251. The van der Waals surface area contributed by atoms with Crippen LogP contribution < -0.4 is 10.2 Å². The fraction of sp³-hybridized carbons (Fsp3) is 0.455. The first-order valence-electron chi connectivity index (χ1n) is 10.1. The number of hydrogen-bond donors (Lipinski definition) is 1. The second-order valence-electron chi connectivity index (χ2n) is 7.15. The Morgan fingerprint density at radius 3 is 2.67 bits per heavy atom. The molecule has 162 valence electrons. The summed E-state index contributed by atoms with van der Waals surface area (Å²) in [6.45, 7) is 4.11. The summed E-state index contributed by atoms with van der Waals surface area (Å²) in [4.78, 5) is 29.5. The molecule has 7 nitrogen and oxygen atoms in total. The first-order chi connectivity index (χ1) is 14.6. The number of carbonyl (C=O) groups excluding carboxylic acids is 2. The van der Waals surface area contributed by atoms with Gasteiger partial charge in [0.1, 0.15) is 0 Å². The molecule has 1 aromatic carbocycles. The van der Waals surface area contributed by atoms with Crippen LogP contribution in [0.15, 0.2) is 36.4 Å². The van der Waals surface area contributed by atoms with Gasteiger partial charge in [-0.1, -0.05) is 30.3 Å². The maximum absolute atomic E-state index is 13.0. The van der Waals surface area contributed by atoms with E-state index in [1.165, 1.54) is 16.2 Å². The number of methoxy groups -OCH3 is 1. The van der Waals surface area contributed by atoms with Crippen LogP contribution in [-0.4, -0.2) is 76.9 Å². The molecular weight excluding hydrogens is 402 g/mol. The van der Waals surface area contributed by atoms with Crippen molar-refractivity contribution in [1.29, 1.82) is 0 Å². The van der Waals surface area contributed by atoms with Crippen LogP contribution in [0.3, 0.4) is 0 Å². The number of nitrogens with zero attached hydrogens (tertiary/aromatic N) is 2. The number of thiophene rings is 1. The number of anilines is 1. The molecule has 1 fully saturated rings. The van der Waals surface area contributed by atoms with Crippen molar-refractivity contribution in [2.75, 3.05) is 65.1 Å². The zero-order chi connectivity index (χ0) is 21.3. The first-order valence-corrected chi connectivity index (χ1v) is 10.9. The number of rotatable bonds is 9. The molecule has 8 heteroatoms. The van der Waals surface area contributed by atoms with Crippen LogP contribution >= 0.6 is 11.3 Å². The summed E-state index contributed by atoms with van der Waals surface area (Å²) >= 11 is 1.48. The van der Waals surface area contributed by atoms with E-state index in [-0.39, 0.29) is 18.4 Å². The molecule has 0 radical (unpaired) electrons. The van der Waals surface area contributed by atoms with Gasteiger partial charge in [0, 0.05) is 46.0 Å². The minimum atomic E-state index is -0.171. The topological polar surface area (TPSA) is 71.1 Å². The molecule has 2 heterocycles. The Balaban J connectivity index is 1.73. The number of ether oxygens (including phenoxy) is 2. The third kappa shape index (κ3) is 5.81. The summed E-state index contributed by atoms with van der Waals surface area (Å²) in [5, 5.41) is 3.89. The zero-order valence-electron chi connectivity index (χ0n) is 17.6. The fourth-order valence-electron chi connectivity index (χ4n) is 3.29. The van der Waals surface area contributed by atoms with Crippen LogP contribution in [0, 0.1) is 0 Å². The Labute approximate surface area is 181 Å². The summed E-state index contributed by atoms with van der Waals surface area (Å²) in [7, 11) is 3.29. The average Bonchev–Trinajstić information content (AvgIpc) is 3.23. The molecular formula is C22H29N3O4S. The summed E-state index contributed by atoms with van der Waals surface area (Å²) in [6.07, 6.45) is 0.744. The normalized spacial score (nSPS) is 13.9. The highest BCUT2D eigenvalue weighted by atomic mass is 32.1. The number of likely N-dealkylation sites (N-methyl/N-ethyl adjacent to an activating group) is 1. The van der Waals surface area contributed by atoms with Crippen molar-refractivity contribution >= 4 is 28.2 Å². The number of morpholine rings is 1. The first kappa shape index (κ1) is 22.3. The van der Waals surface area contributed by atoms with Crippen molar-refractivity contribution < 1.29 is 19.1 Å². The van der Waals surface area contributed by atoms with Crippen LogP contribution in [0.5, 0.6) is 0 Å². The van der Waals surface area contributed by atoms with Gasteiger partial charge in [-0.15, -0.1) is 11.3 Å². The van der Waals surface area contributed by atoms with Crippen molar-refractivity contribution in [2.24, 2.45) is 0 Å². The van der Waals surface area contributed by atoms with Crippen molar-refractivity contribution in [3.63, 3.8) is 0 Å². The monoisotopic (exact) mass is 431 g/mol. The number of hydrogen-bond acceptors (Lipinski definition) is 6. The van der Waals surface area contributed by atoms with E-state index in [1.807, 2.05) is 24.3 Å². The van der Waals surface area contributed by atoms with Gasteiger partial charge < -0.3 is 24.6 Å². The molecule has 0 saturated carbocycles. The molecule has 1 aromatic heterocycles. The summed E-state index contributed by atoms with van der Waals surface area (Å²) in [5.41, 5.74) is 2.12. The highest BCUT2D eigenvalue weighted by Gasteiger charge is 2.24. The largest absolute Gasteiger partial charge is 0.385 e. The van der Waals surface area contributed by atoms with E-state index < -0.39 is 0 Å². The van der Waals surface area contributed by atoms with Gasteiger partial charge in [-0.05, 0) is 18.1 Å². The SMILES string of the molecule is COCCCNC(=O)CN(C)C(=O)c1cc(-c2ccccc2)c(N2CCOCC2)s1. The molecule has 0 atom stereocenters. The Bertz CT molecular complexity index is 834. The quantitative estimate of drug-likeness (QED) is 0.618. The molecule has 0 unspecified atom stereocenters.